The van der Waals surface area contributed by atoms with Crippen LogP contribution < -0.4 is 5.32 Å². The molecule has 2 unspecified atom stereocenters. The summed E-state index contributed by atoms with van der Waals surface area (Å²) in [4.78, 5) is 13.6. The number of methoxy groups -OCH3 is 1. The Morgan fingerprint density at radius 3 is 3.00 bits per heavy atom. The summed E-state index contributed by atoms with van der Waals surface area (Å²) >= 11 is 0. The molecule has 1 heterocycles. The smallest absolute Gasteiger partial charge is 0.241 e. The number of nitrogens with zero attached hydrogens (tertiary/aromatic N) is 1. The first kappa shape index (κ1) is 11.5. The van der Waals surface area contributed by atoms with Gasteiger partial charge in [0.25, 0.3) is 0 Å². The van der Waals surface area contributed by atoms with E-state index in [1.165, 1.54) is 0 Å². The van der Waals surface area contributed by atoms with E-state index >= 15 is 0 Å². The van der Waals surface area contributed by atoms with Crippen LogP contribution in [0.15, 0.2) is 0 Å². The van der Waals surface area contributed by atoms with Crippen molar-refractivity contribution in [2.45, 2.75) is 26.3 Å². The number of hydrogen-bond acceptors (Lipinski definition) is 3. The first-order valence-electron chi connectivity index (χ1n) is 5.21. The Labute approximate surface area is 85.6 Å². The van der Waals surface area contributed by atoms with E-state index in [-0.39, 0.29) is 11.9 Å². The number of rotatable bonds is 5. The van der Waals surface area contributed by atoms with Crippen molar-refractivity contribution < 1.29 is 9.53 Å². The second-order valence-electron chi connectivity index (χ2n) is 3.82. The van der Waals surface area contributed by atoms with Gasteiger partial charge in [-0.25, -0.2) is 0 Å². The summed E-state index contributed by atoms with van der Waals surface area (Å²) in [5.41, 5.74) is 0. The summed E-state index contributed by atoms with van der Waals surface area (Å²) < 4.78 is 4.95. The molecule has 1 amide bonds. The predicted octanol–water partition coefficient (Wildman–Crippen LogP) is 0.437. The molecule has 0 aromatic carbocycles. The maximum absolute atomic E-state index is 11.8. The molecule has 1 fully saturated rings. The molecule has 1 N–H and O–H groups in total. The molecular formula is C10H20N2O2. The van der Waals surface area contributed by atoms with Gasteiger partial charge in [-0.1, -0.05) is 20.3 Å². The molecule has 2 atom stereocenters. The third-order valence-electron chi connectivity index (χ3n) is 2.86. The number of carbonyl (C=O) groups excluding carboxylic acids is 1. The molecule has 82 valence electrons. The van der Waals surface area contributed by atoms with Crippen LogP contribution in [0.5, 0.6) is 0 Å². The Kier molecular flexibility index (Phi) is 4.35. The molecule has 0 bridgehead atoms. The van der Waals surface area contributed by atoms with E-state index in [0.717, 1.165) is 6.42 Å². The van der Waals surface area contributed by atoms with Gasteiger partial charge in [0.2, 0.25) is 5.91 Å². The first-order chi connectivity index (χ1) is 6.70. The number of ether oxygens (including phenoxy) is 1. The largest absolute Gasteiger partial charge is 0.383 e. The van der Waals surface area contributed by atoms with Gasteiger partial charge in [-0.2, -0.15) is 0 Å². The van der Waals surface area contributed by atoms with Crippen LogP contribution in [0, 0.1) is 5.92 Å². The Morgan fingerprint density at radius 1 is 1.71 bits per heavy atom. The third-order valence-corrected chi connectivity index (χ3v) is 2.86. The average Bonchev–Trinajstić information content (AvgIpc) is 2.56. The summed E-state index contributed by atoms with van der Waals surface area (Å²) in [5, 5.41) is 3.24. The highest BCUT2D eigenvalue weighted by molar-refractivity contribution is 5.84. The second-order valence-corrected chi connectivity index (χ2v) is 3.82. The summed E-state index contributed by atoms with van der Waals surface area (Å²) in [6, 6.07) is 0.0110. The van der Waals surface area contributed by atoms with Gasteiger partial charge in [0.1, 0.15) is 0 Å². The molecule has 1 aliphatic rings. The molecule has 0 spiro atoms. The average molecular weight is 200 g/mol. The van der Waals surface area contributed by atoms with Crippen molar-refractivity contribution in [3.8, 4) is 0 Å². The number of nitrogens with one attached hydrogen (secondary N) is 1. The van der Waals surface area contributed by atoms with Crippen LogP contribution in [-0.4, -0.2) is 43.8 Å². The van der Waals surface area contributed by atoms with Crippen LogP contribution in [-0.2, 0) is 9.53 Å². The van der Waals surface area contributed by atoms with Gasteiger partial charge in [-0.15, -0.1) is 0 Å². The van der Waals surface area contributed by atoms with Gasteiger partial charge in [0.05, 0.1) is 19.3 Å². The molecule has 0 aromatic rings. The predicted molar refractivity (Wildman–Crippen MR) is 54.8 cm³/mol. The number of carbonyl (C=O) groups is 1. The lowest BCUT2D eigenvalue weighted by atomic mass is 9.99. The number of amides is 1. The molecule has 4 heteroatoms. The molecule has 0 aromatic heterocycles. The fourth-order valence-corrected chi connectivity index (χ4v) is 1.64. The van der Waals surface area contributed by atoms with Crippen LogP contribution >= 0.6 is 0 Å². The Morgan fingerprint density at radius 2 is 2.43 bits per heavy atom. The maximum Gasteiger partial charge on any atom is 0.241 e. The van der Waals surface area contributed by atoms with Gasteiger partial charge in [0, 0.05) is 13.7 Å². The minimum atomic E-state index is 0.0110. The maximum atomic E-state index is 11.8. The highest BCUT2D eigenvalue weighted by atomic mass is 16.5. The topological polar surface area (TPSA) is 41.6 Å². The molecule has 1 rings (SSSR count). The molecule has 1 saturated heterocycles. The summed E-state index contributed by atoms with van der Waals surface area (Å²) in [5.74, 6) is 0.631. The van der Waals surface area contributed by atoms with Crippen molar-refractivity contribution in [1.82, 2.24) is 10.2 Å². The lowest BCUT2D eigenvalue weighted by molar-refractivity contribution is -0.130. The van der Waals surface area contributed by atoms with Crippen molar-refractivity contribution in [2.75, 3.05) is 26.9 Å². The van der Waals surface area contributed by atoms with E-state index in [9.17, 15) is 4.79 Å². The van der Waals surface area contributed by atoms with Crippen LogP contribution in [0.1, 0.15) is 20.3 Å². The lowest BCUT2D eigenvalue weighted by Gasteiger charge is -2.17. The zero-order chi connectivity index (χ0) is 10.6. The number of hydrogen-bond donors (Lipinski definition) is 1. The van der Waals surface area contributed by atoms with Crippen molar-refractivity contribution in [3.05, 3.63) is 0 Å². The SMILES string of the molecule is CCC(C)C1NCN(CCOC)C1=O. The van der Waals surface area contributed by atoms with Gasteiger partial charge >= 0.3 is 0 Å². The van der Waals surface area contributed by atoms with E-state index in [1.807, 2.05) is 4.90 Å². The third kappa shape index (κ3) is 2.45. The van der Waals surface area contributed by atoms with Gasteiger partial charge in [-0.3, -0.25) is 10.1 Å². The molecule has 1 aliphatic heterocycles. The highest BCUT2D eigenvalue weighted by Crippen LogP contribution is 2.14. The van der Waals surface area contributed by atoms with Crippen molar-refractivity contribution in [2.24, 2.45) is 5.92 Å². The standard InChI is InChI=1S/C10H20N2O2/c1-4-8(2)9-10(13)12(7-11-9)5-6-14-3/h8-9,11H,4-7H2,1-3H3. The van der Waals surface area contributed by atoms with Crippen LogP contribution in [0.2, 0.25) is 0 Å². The van der Waals surface area contributed by atoms with Gasteiger partial charge in [0.15, 0.2) is 0 Å². The second kappa shape index (κ2) is 5.32. The Hall–Kier alpha value is -0.610. The van der Waals surface area contributed by atoms with E-state index < -0.39 is 0 Å². The zero-order valence-corrected chi connectivity index (χ0v) is 9.25. The minimum Gasteiger partial charge on any atom is -0.383 e. The molecule has 4 nitrogen and oxygen atoms in total. The lowest BCUT2D eigenvalue weighted by Crippen LogP contribution is -2.36. The Bertz CT molecular complexity index is 197. The normalized spacial score (nSPS) is 24.4. The summed E-state index contributed by atoms with van der Waals surface area (Å²) in [6.07, 6.45) is 1.03. The van der Waals surface area contributed by atoms with Gasteiger partial charge < -0.3 is 9.64 Å². The summed E-state index contributed by atoms with van der Waals surface area (Å²) in [7, 11) is 1.65. The zero-order valence-electron chi connectivity index (χ0n) is 9.25. The van der Waals surface area contributed by atoms with Gasteiger partial charge in [-0.05, 0) is 5.92 Å². The van der Waals surface area contributed by atoms with Crippen molar-refractivity contribution in [3.63, 3.8) is 0 Å². The van der Waals surface area contributed by atoms with Crippen LogP contribution in [0.3, 0.4) is 0 Å². The molecule has 14 heavy (non-hydrogen) atoms. The van der Waals surface area contributed by atoms with E-state index in [2.05, 4.69) is 19.2 Å². The fourth-order valence-electron chi connectivity index (χ4n) is 1.64. The van der Waals surface area contributed by atoms with E-state index in [1.54, 1.807) is 7.11 Å². The molecule has 0 aliphatic carbocycles. The van der Waals surface area contributed by atoms with Crippen LogP contribution in [0.25, 0.3) is 0 Å². The molecule has 0 saturated carbocycles. The summed E-state index contributed by atoms with van der Waals surface area (Å²) in [6.45, 7) is 6.18. The van der Waals surface area contributed by atoms with Crippen molar-refractivity contribution in [1.29, 1.82) is 0 Å². The van der Waals surface area contributed by atoms with E-state index in [4.69, 9.17) is 4.74 Å². The van der Waals surface area contributed by atoms with E-state index in [0.29, 0.717) is 25.7 Å². The quantitative estimate of drug-likeness (QED) is 0.700. The molecular weight excluding hydrogens is 180 g/mol. The first-order valence-corrected chi connectivity index (χ1v) is 5.21. The Balaban J connectivity index is 2.43. The highest BCUT2D eigenvalue weighted by Gasteiger charge is 2.33. The van der Waals surface area contributed by atoms with Crippen molar-refractivity contribution >= 4 is 5.91 Å². The monoisotopic (exact) mass is 200 g/mol. The minimum absolute atomic E-state index is 0.0110. The molecule has 0 radical (unpaired) electrons. The fraction of sp³-hybridized carbons (Fsp3) is 0.900. The van der Waals surface area contributed by atoms with Crippen LogP contribution in [0.4, 0.5) is 0 Å².